The van der Waals surface area contributed by atoms with Crippen LogP contribution in [0.25, 0.3) is 0 Å². The number of nitrogens with one attached hydrogen (secondary N) is 1. The number of carbonyl (C=O) groups is 1. The normalized spacial score (nSPS) is 10.7. The van der Waals surface area contributed by atoms with E-state index in [-0.39, 0.29) is 12.3 Å². The summed E-state index contributed by atoms with van der Waals surface area (Å²) in [6.45, 7) is -0.0670. The number of nitro benzene ring substituents is 1. The van der Waals surface area contributed by atoms with E-state index < -0.39 is 10.8 Å². The Bertz CT molecular complexity index is 809. The summed E-state index contributed by atoms with van der Waals surface area (Å²) in [4.78, 5) is 23.1. The second-order valence-electron chi connectivity index (χ2n) is 4.98. The molecule has 1 amide bonds. The first-order valence-corrected chi connectivity index (χ1v) is 8.53. The number of benzene rings is 2. The van der Waals surface area contributed by atoms with Gasteiger partial charge >= 0.3 is 0 Å². The number of hydrogen-bond acceptors (Lipinski definition) is 7. The molecule has 2 rings (SSSR count). The van der Waals surface area contributed by atoms with E-state index in [2.05, 4.69) is 10.5 Å². The van der Waals surface area contributed by atoms with Crippen molar-refractivity contribution in [1.29, 1.82) is 0 Å². The minimum Gasteiger partial charge on any atom is -0.497 e. The number of nitrogens with zero attached hydrogens (tertiary/aromatic N) is 2. The van der Waals surface area contributed by atoms with Gasteiger partial charge in [0.2, 0.25) is 0 Å². The van der Waals surface area contributed by atoms with Crippen molar-refractivity contribution in [2.45, 2.75) is 4.90 Å². The van der Waals surface area contributed by atoms with Gasteiger partial charge in [0.25, 0.3) is 11.6 Å². The number of hydrazone groups is 1. The van der Waals surface area contributed by atoms with Gasteiger partial charge in [-0.1, -0.05) is 6.07 Å². The van der Waals surface area contributed by atoms with Gasteiger partial charge in [0, 0.05) is 22.9 Å². The van der Waals surface area contributed by atoms with E-state index in [1.54, 1.807) is 36.4 Å². The lowest BCUT2D eigenvalue weighted by Crippen LogP contribution is -2.17. The molecule has 2 aromatic rings. The van der Waals surface area contributed by atoms with Crippen LogP contribution in [0.1, 0.15) is 15.9 Å². The fraction of sp³-hybridized carbons (Fsp3) is 0.176. The molecule has 0 aromatic heterocycles. The summed E-state index contributed by atoms with van der Waals surface area (Å²) in [6, 6.07) is 11.1. The molecule has 0 saturated heterocycles. The van der Waals surface area contributed by atoms with E-state index in [1.807, 2.05) is 0 Å². The minimum atomic E-state index is -0.493. The molecule has 0 radical (unpaired) electrons. The second kappa shape index (κ2) is 9.54. The number of amides is 1. The van der Waals surface area contributed by atoms with Crippen molar-refractivity contribution in [2.75, 3.05) is 19.5 Å². The van der Waals surface area contributed by atoms with Crippen LogP contribution in [-0.2, 0) is 0 Å². The Labute approximate surface area is 154 Å². The van der Waals surface area contributed by atoms with Gasteiger partial charge in [0.05, 0.1) is 29.8 Å². The van der Waals surface area contributed by atoms with E-state index in [4.69, 9.17) is 9.84 Å². The third kappa shape index (κ3) is 5.30. The summed E-state index contributed by atoms with van der Waals surface area (Å²) < 4.78 is 5.02. The molecular formula is C17H17N3O5S. The molecule has 0 fully saturated rings. The van der Waals surface area contributed by atoms with Crippen molar-refractivity contribution < 1.29 is 19.6 Å². The molecule has 0 saturated carbocycles. The van der Waals surface area contributed by atoms with E-state index in [1.165, 1.54) is 31.2 Å². The van der Waals surface area contributed by atoms with Crippen LogP contribution in [0.4, 0.5) is 5.69 Å². The molecule has 8 nitrogen and oxygen atoms in total. The van der Waals surface area contributed by atoms with E-state index >= 15 is 0 Å². The Morgan fingerprint density at radius 3 is 2.69 bits per heavy atom. The first-order chi connectivity index (χ1) is 12.5. The highest BCUT2D eigenvalue weighted by Gasteiger charge is 2.14. The molecule has 0 spiro atoms. The maximum atomic E-state index is 12.0. The standard InChI is InChI=1S/C17H17N3O5S/c1-25-14-5-3-13(4-6-14)17(22)19-18-11-12-2-7-16(26-9-8-21)15(10-12)20(23)24/h2-7,10-11,21H,8-9H2,1H3,(H,19,22)/b18-11-. The van der Waals surface area contributed by atoms with Crippen LogP contribution in [0.2, 0.25) is 0 Å². The van der Waals surface area contributed by atoms with Crippen molar-refractivity contribution in [3.05, 3.63) is 63.7 Å². The smallest absolute Gasteiger partial charge is 0.283 e. The number of carbonyl (C=O) groups excluding carboxylic acids is 1. The Kier molecular flexibility index (Phi) is 7.12. The summed E-state index contributed by atoms with van der Waals surface area (Å²) in [5.74, 6) is 0.594. The van der Waals surface area contributed by atoms with Crippen molar-refractivity contribution in [3.63, 3.8) is 0 Å². The molecule has 0 aliphatic heterocycles. The van der Waals surface area contributed by atoms with Crippen LogP contribution in [0.15, 0.2) is 52.5 Å². The molecule has 0 heterocycles. The van der Waals surface area contributed by atoms with Crippen LogP contribution in [0, 0.1) is 10.1 Å². The molecule has 26 heavy (non-hydrogen) atoms. The molecule has 0 unspecified atom stereocenters. The molecule has 0 aliphatic carbocycles. The topological polar surface area (TPSA) is 114 Å². The zero-order valence-corrected chi connectivity index (χ0v) is 14.7. The van der Waals surface area contributed by atoms with Crippen LogP contribution in [0.3, 0.4) is 0 Å². The lowest BCUT2D eigenvalue weighted by Gasteiger charge is -2.03. The number of rotatable bonds is 8. The van der Waals surface area contributed by atoms with E-state index in [0.29, 0.717) is 27.5 Å². The summed E-state index contributed by atoms with van der Waals surface area (Å²) in [5.41, 5.74) is 3.17. The zero-order valence-electron chi connectivity index (χ0n) is 13.9. The monoisotopic (exact) mass is 375 g/mol. The Morgan fingerprint density at radius 1 is 1.35 bits per heavy atom. The first kappa shape index (κ1) is 19.4. The predicted molar refractivity (Wildman–Crippen MR) is 99.0 cm³/mol. The van der Waals surface area contributed by atoms with E-state index in [0.717, 1.165) is 0 Å². The summed E-state index contributed by atoms with van der Waals surface area (Å²) in [6.07, 6.45) is 1.33. The van der Waals surface area contributed by atoms with Crippen LogP contribution in [0.5, 0.6) is 5.75 Å². The quantitative estimate of drug-likeness (QED) is 0.317. The lowest BCUT2D eigenvalue weighted by atomic mass is 10.2. The molecule has 9 heteroatoms. The average molecular weight is 375 g/mol. The highest BCUT2D eigenvalue weighted by atomic mass is 32.2. The van der Waals surface area contributed by atoms with Gasteiger partial charge in [-0.05, 0) is 30.3 Å². The number of nitro groups is 1. The maximum absolute atomic E-state index is 12.0. The largest absolute Gasteiger partial charge is 0.497 e. The van der Waals surface area contributed by atoms with Gasteiger partial charge in [-0.15, -0.1) is 11.8 Å². The highest BCUT2D eigenvalue weighted by molar-refractivity contribution is 7.99. The second-order valence-corrected chi connectivity index (χ2v) is 6.12. The Morgan fingerprint density at radius 2 is 2.08 bits per heavy atom. The maximum Gasteiger partial charge on any atom is 0.283 e. The number of thioether (sulfide) groups is 1. The number of hydrogen-bond donors (Lipinski definition) is 2. The molecular weight excluding hydrogens is 358 g/mol. The lowest BCUT2D eigenvalue weighted by molar-refractivity contribution is -0.387. The van der Waals surface area contributed by atoms with Gasteiger partial charge in [-0.3, -0.25) is 14.9 Å². The molecule has 0 aliphatic rings. The third-order valence-electron chi connectivity index (χ3n) is 3.26. The van der Waals surface area contributed by atoms with Crippen LogP contribution in [-0.4, -0.2) is 41.6 Å². The SMILES string of the molecule is COc1ccc(C(=O)N/N=C\c2ccc(SCCO)c([N+](=O)[O-])c2)cc1. The summed E-state index contributed by atoms with van der Waals surface area (Å²) >= 11 is 1.20. The van der Waals surface area contributed by atoms with Gasteiger partial charge in [0.15, 0.2) is 0 Å². The Hall–Kier alpha value is -2.91. The van der Waals surface area contributed by atoms with Gasteiger partial charge < -0.3 is 9.84 Å². The molecule has 136 valence electrons. The number of methoxy groups -OCH3 is 1. The molecule has 0 atom stereocenters. The number of aliphatic hydroxyl groups excluding tert-OH is 1. The minimum absolute atomic E-state index is 0.0670. The molecule has 2 N–H and O–H groups in total. The van der Waals surface area contributed by atoms with Crippen molar-refractivity contribution in [2.24, 2.45) is 5.10 Å². The fourth-order valence-electron chi connectivity index (χ4n) is 2.01. The predicted octanol–water partition coefficient (Wildman–Crippen LogP) is 2.45. The average Bonchev–Trinajstić information content (AvgIpc) is 2.66. The van der Waals surface area contributed by atoms with Gasteiger partial charge in [0.1, 0.15) is 5.75 Å². The molecule has 2 aromatic carbocycles. The van der Waals surface area contributed by atoms with Crippen molar-refractivity contribution in [1.82, 2.24) is 5.43 Å². The van der Waals surface area contributed by atoms with Gasteiger partial charge in [-0.25, -0.2) is 5.43 Å². The van der Waals surface area contributed by atoms with Crippen LogP contribution < -0.4 is 10.2 Å². The third-order valence-corrected chi connectivity index (χ3v) is 4.30. The Balaban J connectivity index is 2.05. The zero-order chi connectivity index (χ0) is 18.9. The summed E-state index contributed by atoms with van der Waals surface area (Å²) in [7, 11) is 1.53. The van der Waals surface area contributed by atoms with Gasteiger partial charge in [-0.2, -0.15) is 5.10 Å². The number of aliphatic hydroxyl groups is 1. The molecule has 0 bridgehead atoms. The summed E-state index contributed by atoms with van der Waals surface area (Å²) in [5, 5.41) is 23.8. The highest BCUT2D eigenvalue weighted by Crippen LogP contribution is 2.29. The van der Waals surface area contributed by atoms with Crippen LogP contribution >= 0.6 is 11.8 Å². The fourth-order valence-corrected chi connectivity index (χ4v) is 2.76. The van der Waals surface area contributed by atoms with E-state index in [9.17, 15) is 14.9 Å². The first-order valence-electron chi connectivity index (χ1n) is 7.54. The number of ether oxygens (including phenoxy) is 1. The van der Waals surface area contributed by atoms with Crippen molar-refractivity contribution >= 4 is 29.6 Å². The van der Waals surface area contributed by atoms with Crippen molar-refractivity contribution in [3.8, 4) is 5.75 Å².